The van der Waals surface area contributed by atoms with E-state index in [9.17, 15) is 33.4 Å². The van der Waals surface area contributed by atoms with Gasteiger partial charge in [-0.3, -0.25) is 33.0 Å². The summed E-state index contributed by atoms with van der Waals surface area (Å²) in [5, 5.41) is 11.4. The number of rotatable bonds is 38. The van der Waals surface area contributed by atoms with Gasteiger partial charge in [0.2, 0.25) is 29.5 Å². The summed E-state index contributed by atoms with van der Waals surface area (Å²) in [5.41, 5.74) is 15.3. The number of ether oxygens (including phenoxy) is 3. The van der Waals surface area contributed by atoms with Crippen LogP contribution in [0.2, 0.25) is 0 Å². The maximum absolute atomic E-state index is 13.4. The number of unbranched alkanes of at least 4 members (excludes halogenated alkanes) is 5. The van der Waals surface area contributed by atoms with E-state index in [1.54, 1.807) is 4.90 Å². The summed E-state index contributed by atoms with van der Waals surface area (Å²) in [6, 6.07) is -0.248. The molecule has 0 aromatic heterocycles. The molecular weight excluding hydrogens is 791 g/mol. The molecule has 0 aromatic carbocycles. The first-order valence-electron chi connectivity index (χ1n) is 21.2. The Balaban J connectivity index is 2.74. The van der Waals surface area contributed by atoms with Crippen LogP contribution in [0, 0.1) is 0 Å². The second-order valence-corrected chi connectivity index (χ2v) is 16.2. The maximum atomic E-state index is 13.4. The molecule has 11 N–H and O–H groups in total. The highest BCUT2D eigenvalue weighted by Gasteiger charge is 2.34. The monoisotopic (exact) mass is 867 g/mol. The zero-order valence-corrected chi connectivity index (χ0v) is 36.2. The summed E-state index contributed by atoms with van der Waals surface area (Å²) < 4.78 is 38.9. The Morgan fingerprint density at radius 1 is 0.661 bits per heavy atom. The normalized spacial score (nSPS) is 15.1. The van der Waals surface area contributed by atoms with E-state index in [1.165, 1.54) is 0 Å². The van der Waals surface area contributed by atoms with Crippen molar-refractivity contribution in [3.63, 3.8) is 0 Å². The molecule has 0 aromatic rings. The molecule has 0 radical (unpaired) electrons. The Labute approximate surface area is 350 Å². The predicted molar refractivity (Wildman–Crippen MR) is 222 cm³/mol. The molecule has 59 heavy (non-hydrogen) atoms. The Kier molecular flexibility index (Phi) is 31.1. The van der Waals surface area contributed by atoms with Gasteiger partial charge in [-0.1, -0.05) is 25.7 Å². The van der Waals surface area contributed by atoms with Gasteiger partial charge in [0.05, 0.1) is 52.3 Å². The molecule has 1 aliphatic rings. The average molecular weight is 867 g/mol. The third-order valence-corrected chi connectivity index (χ3v) is 10.4. The first-order valence-corrected chi connectivity index (χ1v) is 22.7. The first-order chi connectivity index (χ1) is 28.4. The van der Waals surface area contributed by atoms with E-state index in [1.807, 2.05) is 0 Å². The second-order valence-electron chi connectivity index (χ2n) is 14.7. The van der Waals surface area contributed by atoms with Crippen LogP contribution in [-0.2, 0) is 51.8 Å². The standard InChI is InChI=1S/C38H75N8O12P/c1-54-59(52,53)58-28-32-12-8-24-46(32)37(51)14-7-5-3-2-4-6-13-36(50)45-38(29-55-25-15-33(47)42-21-9-18-39,30-56-26-16-34(48)43-22-10-19-40)31-57-27-17-35(49)44-23-11-20-41/h32H,2-31,39-41H2,1H3,(H,42,47)(H,43,48)(H,44,49)(H,45,50)(H,52,53)/t32-/m0/s1. The number of nitrogens with one attached hydrogen (secondary N) is 4. The minimum Gasteiger partial charge on any atom is -0.378 e. The van der Waals surface area contributed by atoms with Crippen LogP contribution in [0.5, 0.6) is 0 Å². The summed E-state index contributed by atoms with van der Waals surface area (Å²) >= 11 is 0. The van der Waals surface area contributed by atoms with Crippen molar-refractivity contribution in [2.75, 3.05) is 99.2 Å². The average Bonchev–Trinajstić information content (AvgIpc) is 3.69. The van der Waals surface area contributed by atoms with Crippen molar-refractivity contribution >= 4 is 37.4 Å². The van der Waals surface area contributed by atoms with Gasteiger partial charge in [-0.25, -0.2) is 4.57 Å². The molecular formula is C38H75N8O12P. The lowest BCUT2D eigenvalue weighted by atomic mass is 10.0. The second kappa shape index (κ2) is 33.9. The van der Waals surface area contributed by atoms with E-state index >= 15 is 0 Å². The molecule has 0 spiro atoms. The van der Waals surface area contributed by atoms with Gasteiger partial charge in [-0.15, -0.1) is 0 Å². The molecule has 0 aliphatic carbocycles. The van der Waals surface area contributed by atoms with E-state index in [0.29, 0.717) is 90.8 Å². The topological polar surface area (TPSA) is 298 Å². The fourth-order valence-electron chi connectivity index (χ4n) is 6.13. The fourth-order valence-corrected chi connectivity index (χ4v) is 6.59. The zero-order chi connectivity index (χ0) is 43.6. The van der Waals surface area contributed by atoms with Gasteiger partial charge in [-0.2, -0.15) is 0 Å². The van der Waals surface area contributed by atoms with Gasteiger partial charge in [-0.05, 0) is 64.6 Å². The van der Waals surface area contributed by atoms with Gasteiger partial charge in [0.25, 0.3) is 0 Å². The molecule has 344 valence electrons. The van der Waals surface area contributed by atoms with Crippen molar-refractivity contribution in [1.29, 1.82) is 0 Å². The van der Waals surface area contributed by atoms with E-state index in [0.717, 1.165) is 39.2 Å². The van der Waals surface area contributed by atoms with Crippen LogP contribution < -0.4 is 38.5 Å². The number of nitrogens with two attached hydrogens (primary N) is 3. The molecule has 0 bridgehead atoms. The van der Waals surface area contributed by atoms with Gasteiger partial charge in [0, 0.05) is 65.4 Å². The summed E-state index contributed by atoms with van der Waals surface area (Å²) in [5.74, 6) is -0.837. The molecule has 1 saturated heterocycles. The number of hydrogen-bond donors (Lipinski definition) is 8. The highest BCUT2D eigenvalue weighted by atomic mass is 31.2. The third kappa shape index (κ3) is 27.6. The molecule has 1 fully saturated rings. The summed E-state index contributed by atoms with van der Waals surface area (Å²) in [7, 11) is -3.01. The number of hydrogen-bond acceptors (Lipinski definition) is 14. The van der Waals surface area contributed by atoms with Crippen LogP contribution in [0.3, 0.4) is 0 Å². The largest absolute Gasteiger partial charge is 0.471 e. The van der Waals surface area contributed by atoms with Gasteiger partial charge >= 0.3 is 7.82 Å². The molecule has 21 heteroatoms. The molecule has 0 saturated carbocycles. The summed E-state index contributed by atoms with van der Waals surface area (Å²) in [4.78, 5) is 74.3. The van der Waals surface area contributed by atoms with Crippen molar-refractivity contribution < 1.29 is 56.7 Å². The van der Waals surface area contributed by atoms with Gasteiger partial charge in [0.1, 0.15) is 5.54 Å². The van der Waals surface area contributed by atoms with E-state index in [-0.39, 0.29) is 108 Å². The van der Waals surface area contributed by atoms with Crippen LogP contribution in [0.4, 0.5) is 0 Å². The van der Waals surface area contributed by atoms with Gasteiger partial charge < -0.3 is 62.5 Å². The van der Waals surface area contributed by atoms with Crippen LogP contribution in [0.25, 0.3) is 0 Å². The van der Waals surface area contributed by atoms with Crippen molar-refractivity contribution in [3.8, 4) is 0 Å². The van der Waals surface area contributed by atoms with Gasteiger partial charge in [0.15, 0.2) is 0 Å². The minimum absolute atomic E-state index is 0.000660. The molecule has 1 heterocycles. The number of carbonyl (C=O) groups is 5. The van der Waals surface area contributed by atoms with Crippen LogP contribution >= 0.6 is 7.82 Å². The number of carbonyl (C=O) groups excluding carboxylic acids is 5. The molecule has 1 aliphatic heterocycles. The number of phosphoric ester groups is 1. The van der Waals surface area contributed by atoms with E-state index < -0.39 is 13.4 Å². The van der Waals surface area contributed by atoms with Crippen molar-refractivity contribution in [2.45, 2.75) is 114 Å². The van der Waals surface area contributed by atoms with Crippen molar-refractivity contribution in [2.24, 2.45) is 17.2 Å². The fraction of sp³-hybridized carbons (Fsp3) is 0.868. The lowest BCUT2D eigenvalue weighted by Crippen LogP contribution is -2.58. The Morgan fingerprint density at radius 3 is 1.54 bits per heavy atom. The van der Waals surface area contributed by atoms with Crippen LogP contribution in [-0.4, -0.2) is 150 Å². The lowest BCUT2D eigenvalue weighted by molar-refractivity contribution is -0.133. The molecule has 20 nitrogen and oxygen atoms in total. The van der Waals surface area contributed by atoms with Crippen LogP contribution in [0.15, 0.2) is 0 Å². The Morgan fingerprint density at radius 2 is 1.10 bits per heavy atom. The maximum Gasteiger partial charge on any atom is 0.471 e. The SMILES string of the molecule is COP(=O)(O)OC[C@@H]1CCCN1C(=O)CCCCCCCCC(=O)NC(COCCC(=O)NCCCN)(COCCC(=O)NCCCN)COCCC(=O)NCCCN. The lowest BCUT2D eigenvalue weighted by Gasteiger charge is -2.34. The van der Waals surface area contributed by atoms with E-state index in [4.69, 9.17) is 35.9 Å². The van der Waals surface area contributed by atoms with E-state index in [2.05, 4.69) is 25.8 Å². The first kappa shape index (κ1) is 54.2. The molecule has 2 atom stereocenters. The smallest absolute Gasteiger partial charge is 0.378 e. The van der Waals surface area contributed by atoms with Crippen molar-refractivity contribution in [3.05, 3.63) is 0 Å². The molecule has 1 rings (SSSR count). The minimum atomic E-state index is -4.10. The summed E-state index contributed by atoms with van der Waals surface area (Å²) in [6.45, 7) is 3.33. The molecule has 5 amide bonds. The Hall–Kier alpha value is -2.78. The third-order valence-electron chi connectivity index (χ3n) is 9.47. The number of likely N-dealkylation sites (tertiary alicyclic amines) is 1. The number of nitrogens with zero attached hydrogens (tertiary/aromatic N) is 1. The zero-order valence-electron chi connectivity index (χ0n) is 35.4. The van der Waals surface area contributed by atoms with Crippen molar-refractivity contribution in [1.82, 2.24) is 26.2 Å². The number of phosphoric acid groups is 1. The quantitative estimate of drug-likeness (QED) is 0.0307. The summed E-state index contributed by atoms with van der Waals surface area (Å²) in [6.07, 6.45) is 9.07. The van der Waals surface area contributed by atoms with Crippen LogP contribution in [0.1, 0.15) is 103 Å². The number of amides is 5. The molecule has 1 unspecified atom stereocenters. The highest BCUT2D eigenvalue weighted by Crippen LogP contribution is 2.42. The predicted octanol–water partition coefficient (Wildman–Crippen LogP) is 0.332. The highest BCUT2D eigenvalue weighted by molar-refractivity contribution is 7.47. The Bertz CT molecular complexity index is 1160.